The Labute approximate surface area is 84.6 Å². The molecule has 2 heteroatoms. The second kappa shape index (κ2) is 6.60. The maximum atomic E-state index is 5.97. The quantitative estimate of drug-likeness (QED) is 0.617. The Hall–Kier alpha value is 0.177. The molecule has 78 valence electrons. The van der Waals surface area contributed by atoms with E-state index in [-0.39, 0.29) is 0 Å². The molecule has 0 N–H and O–H groups in total. The Morgan fingerprint density at radius 1 is 1.31 bits per heavy atom. The van der Waals surface area contributed by atoms with Crippen LogP contribution in [0.1, 0.15) is 52.4 Å². The molecule has 1 nitrogen and oxygen atoms in total. The lowest BCUT2D eigenvalue weighted by Crippen LogP contribution is -2.28. The minimum Gasteiger partial charge on any atom is -0.420 e. The highest BCUT2D eigenvalue weighted by Gasteiger charge is 2.24. The zero-order valence-electron chi connectivity index (χ0n) is 9.22. The van der Waals surface area contributed by atoms with Crippen LogP contribution in [-0.2, 0) is 4.43 Å². The van der Waals surface area contributed by atoms with Gasteiger partial charge in [0.05, 0.1) is 0 Å². The molecular weight excluding hydrogens is 176 g/mol. The Kier molecular flexibility index (Phi) is 5.72. The van der Waals surface area contributed by atoms with E-state index in [1.165, 1.54) is 44.6 Å². The minimum absolute atomic E-state index is 0.773. The van der Waals surface area contributed by atoms with Crippen molar-refractivity contribution in [2.75, 3.05) is 6.61 Å². The molecule has 13 heavy (non-hydrogen) atoms. The second-order valence-electron chi connectivity index (χ2n) is 4.22. The van der Waals surface area contributed by atoms with Gasteiger partial charge in [0.25, 0.3) is 0 Å². The molecule has 1 aliphatic rings. The van der Waals surface area contributed by atoms with Crippen LogP contribution in [0, 0.1) is 0 Å². The molecule has 0 aromatic heterocycles. The molecule has 2 unspecified atom stereocenters. The number of hydrogen-bond donors (Lipinski definition) is 0. The van der Waals surface area contributed by atoms with Crippen LogP contribution in [0.5, 0.6) is 0 Å². The van der Waals surface area contributed by atoms with Crippen molar-refractivity contribution in [2.24, 2.45) is 0 Å². The summed E-state index contributed by atoms with van der Waals surface area (Å²) in [5.74, 6) is 0. The van der Waals surface area contributed by atoms with Gasteiger partial charge in [-0.3, -0.25) is 0 Å². The van der Waals surface area contributed by atoms with Gasteiger partial charge >= 0.3 is 0 Å². The van der Waals surface area contributed by atoms with Crippen LogP contribution in [0.4, 0.5) is 0 Å². The lowest BCUT2D eigenvalue weighted by molar-refractivity contribution is 0.276. The molecule has 1 saturated heterocycles. The van der Waals surface area contributed by atoms with E-state index in [9.17, 15) is 0 Å². The van der Waals surface area contributed by atoms with Crippen LogP contribution >= 0.6 is 0 Å². The monoisotopic (exact) mass is 200 g/mol. The minimum atomic E-state index is -0.773. The lowest BCUT2D eigenvalue weighted by atomic mass is 10.2. The normalized spacial score (nSPS) is 25.8. The summed E-state index contributed by atoms with van der Waals surface area (Å²) < 4.78 is 5.97. The molecule has 1 aliphatic heterocycles. The average Bonchev–Trinajstić information content (AvgIpc) is 2.21. The van der Waals surface area contributed by atoms with Crippen LogP contribution in [-0.4, -0.2) is 15.6 Å². The SMILES string of the molecule is CCCCC(CC)[SiH]1CCCCO1. The van der Waals surface area contributed by atoms with Crippen LogP contribution < -0.4 is 0 Å². The largest absolute Gasteiger partial charge is 0.420 e. The van der Waals surface area contributed by atoms with Gasteiger partial charge in [0.2, 0.25) is 0 Å². The van der Waals surface area contributed by atoms with E-state index in [2.05, 4.69) is 13.8 Å². The van der Waals surface area contributed by atoms with Crippen molar-refractivity contribution in [3.63, 3.8) is 0 Å². The van der Waals surface area contributed by atoms with Gasteiger partial charge in [-0.05, 0) is 18.0 Å². The molecule has 0 radical (unpaired) electrons. The lowest BCUT2D eigenvalue weighted by Gasteiger charge is -2.28. The molecule has 0 saturated carbocycles. The first kappa shape index (κ1) is 11.3. The van der Waals surface area contributed by atoms with Crippen LogP contribution in [0.15, 0.2) is 0 Å². The summed E-state index contributed by atoms with van der Waals surface area (Å²) in [6, 6.07) is 1.45. The predicted octanol–water partition coefficient (Wildman–Crippen LogP) is 3.49. The summed E-state index contributed by atoms with van der Waals surface area (Å²) in [5, 5.41) is 0. The van der Waals surface area contributed by atoms with Crippen molar-refractivity contribution < 1.29 is 4.43 Å². The summed E-state index contributed by atoms with van der Waals surface area (Å²) in [7, 11) is -0.773. The van der Waals surface area contributed by atoms with Crippen LogP contribution in [0.3, 0.4) is 0 Å². The van der Waals surface area contributed by atoms with Gasteiger partial charge in [-0.1, -0.05) is 46.0 Å². The fourth-order valence-electron chi connectivity index (χ4n) is 2.26. The van der Waals surface area contributed by atoms with Crippen molar-refractivity contribution in [1.29, 1.82) is 0 Å². The van der Waals surface area contributed by atoms with E-state index in [0.29, 0.717) is 0 Å². The predicted molar refractivity (Wildman–Crippen MR) is 60.7 cm³/mol. The highest BCUT2D eigenvalue weighted by molar-refractivity contribution is 6.53. The highest BCUT2D eigenvalue weighted by Crippen LogP contribution is 2.28. The maximum Gasteiger partial charge on any atom is 0.179 e. The molecule has 0 spiro atoms. The van der Waals surface area contributed by atoms with Crippen molar-refractivity contribution in [1.82, 2.24) is 0 Å². The molecule has 0 aromatic rings. The summed E-state index contributed by atoms with van der Waals surface area (Å²) in [4.78, 5) is 0. The van der Waals surface area contributed by atoms with E-state index < -0.39 is 9.04 Å². The van der Waals surface area contributed by atoms with Crippen molar-refractivity contribution in [2.45, 2.75) is 64.0 Å². The first-order chi connectivity index (χ1) is 6.38. The van der Waals surface area contributed by atoms with E-state index in [1.807, 2.05) is 0 Å². The Bertz CT molecular complexity index is 121. The van der Waals surface area contributed by atoms with Gasteiger partial charge in [0.1, 0.15) is 0 Å². The van der Waals surface area contributed by atoms with Crippen molar-refractivity contribution >= 4 is 9.04 Å². The molecule has 0 aromatic carbocycles. The first-order valence-corrected chi connectivity index (χ1v) is 7.95. The molecule has 1 heterocycles. The summed E-state index contributed by atoms with van der Waals surface area (Å²) in [6.07, 6.45) is 8.30. The number of hydrogen-bond acceptors (Lipinski definition) is 1. The van der Waals surface area contributed by atoms with Crippen LogP contribution in [0.25, 0.3) is 0 Å². The van der Waals surface area contributed by atoms with Gasteiger partial charge in [-0.15, -0.1) is 0 Å². The molecule has 0 amide bonds. The fourth-order valence-corrected chi connectivity index (χ4v) is 5.46. The third kappa shape index (κ3) is 3.82. The van der Waals surface area contributed by atoms with E-state index in [0.717, 1.165) is 12.1 Å². The van der Waals surface area contributed by atoms with Gasteiger partial charge in [0, 0.05) is 6.61 Å². The van der Waals surface area contributed by atoms with E-state index in [1.54, 1.807) is 0 Å². The Balaban J connectivity index is 2.26. The Morgan fingerprint density at radius 3 is 2.69 bits per heavy atom. The molecule has 1 fully saturated rings. The van der Waals surface area contributed by atoms with Gasteiger partial charge in [-0.25, -0.2) is 0 Å². The summed E-state index contributed by atoms with van der Waals surface area (Å²) >= 11 is 0. The zero-order valence-corrected chi connectivity index (χ0v) is 10.4. The van der Waals surface area contributed by atoms with E-state index >= 15 is 0 Å². The molecule has 0 bridgehead atoms. The van der Waals surface area contributed by atoms with Gasteiger partial charge in [-0.2, -0.15) is 0 Å². The van der Waals surface area contributed by atoms with Crippen LogP contribution in [0.2, 0.25) is 11.6 Å². The topological polar surface area (TPSA) is 9.23 Å². The molecule has 0 aliphatic carbocycles. The average molecular weight is 200 g/mol. The third-order valence-electron chi connectivity index (χ3n) is 3.19. The van der Waals surface area contributed by atoms with Crippen molar-refractivity contribution in [3.8, 4) is 0 Å². The first-order valence-electron chi connectivity index (χ1n) is 6.00. The van der Waals surface area contributed by atoms with E-state index in [4.69, 9.17) is 4.43 Å². The molecule has 1 rings (SSSR count). The third-order valence-corrected chi connectivity index (χ3v) is 6.69. The van der Waals surface area contributed by atoms with Gasteiger partial charge < -0.3 is 4.43 Å². The smallest absolute Gasteiger partial charge is 0.179 e. The number of unbranched alkanes of at least 4 members (excludes halogenated alkanes) is 1. The fraction of sp³-hybridized carbons (Fsp3) is 1.00. The zero-order chi connectivity index (χ0) is 9.52. The maximum absolute atomic E-state index is 5.97. The van der Waals surface area contributed by atoms with Crippen molar-refractivity contribution in [3.05, 3.63) is 0 Å². The standard InChI is InChI=1S/C11H24OSi/c1-3-5-8-11(4-2)13-10-7-6-9-12-13/h11,13H,3-10H2,1-2H3. The molecule has 2 atom stereocenters. The Morgan fingerprint density at radius 2 is 2.15 bits per heavy atom. The van der Waals surface area contributed by atoms with Gasteiger partial charge in [0.15, 0.2) is 9.04 Å². The second-order valence-corrected chi connectivity index (χ2v) is 7.15. The highest BCUT2D eigenvalue weighted by atomic mass is 28.3. The summed E-state index contributed by atoms with van der Waals surface area (Å²) in [6.45, 7) is 5.70. The molecular formula is C11H24OSi. The summed E-state index contributed by atoms with van der Waals surface area (Å²) in [5.41, 5.74) is 0.972. The number of rotatable bonds is 5.